The summed E-state index contributed by atoms with van der Waals surface area (Å²) in [6.45, 7) is 1.99. The summed E-state index contributed by atoms with van der Waals surface area (Å²) in [6.07, 6.45) is 3.36. The number of halogens is 2. The zero-order chi connectivity index (χ0) is 14.8. The molecule has 2 aromatic rings. The van der Waals surface area contributed by atoms with Crippen molar-refractivity contribution in [2.75, 3.05) is 23.9 Å². The second-order valence-corrected chi connectivity index (χ2v) is 5.79. The lowest BCUT2D eigenvalue weighted by Crippen LogP contribution is -2.36. The third-order valence-corrected chi connectivity index (χ3v) is 3.79. The maximum Gasteiger partial charge on any atom is 0.152 e. The smallest absolute Gasteiger partial charge is 0.152 e. The molecule has 1 unspecified atom stereocenters. The maximum atomic E-state index is 13.6. The zero-order valence-corrected chi connectivity index (χ0v) is 12.1. The van der Waals surface area contributed by atoms with Gasteiger partial charge < -0.3 is 10.4 Å². The molecule has 0 aliphatic rings. The van der Waals surface area contributed by atoms with Gasteiger partial charge in [-0.1, -0.05) is 0 Å². The van der Waals surface area contributed by atoms with Gasteiger partial charge in [-0.2, -0.15) is 11.8 Å². The van der Waals surface area contributed by atoms with Gasteiger partial charge in [0, 0.05) is 35.6 Å². The highest BCUT2D eigenvalue weighted by molar-refractivity contribution is 7.98. The number of benzene rings is 1. The van der Waals surface area contributed by atoms with Crippen molar-refractivity contribution in [3.63, 3.8) is 0 Å². The number of nitrogens with zero attached hydrogens (tertiary/aromatic N) is 1. The topological polar surface area (TPSA) is 45.1 Å². The first kappa shape index (κ1) is 15.0. The summed E-state index contributed by atoms with van der Waals surface area (Å²) >= 11 is 1.53. The normalized spacial score (nSPS) is 14.2. The average molecular weight is 298 g/mol. The summed E-state index contributed by atoms with van der Waals surface area (Å²) in [6, 6.07) is 3.68. The molecule has 108 valence electrons. The molecule has 1 aromatic carbocycles. The summed E-state index contributed by atoms with van der Waals surface area (Å²) in [4.78, 5) is 3.91. The van der Waals surface area contributed by atoms with Crippen molar-refractivity contribution in [2.45, 2.75) is 12.5 Å². The van der Waals surface area contributed by atoms with Crippen molar-refractivity contribution in [3.8, 4) is 0 Å². The number of nitrogens with one attached hydrogen (secondary N) is 1. The van der Waals surface area contributed by atoms with Crippen LogP contribution in [0.3, 0.4) is 0 Å². The van der Waals surface area contributed by atoms with Crippen molar-refractivity contribution in [3.05, 3.63) is 36.0 Å². The van der Waals surface area contributed by atoms with Crippen LogP contribution in [0, 0.1) is 11.6 Å². The van der Waals surface area contributed by atoms with E-state index in [1.54, 1.807) is 13.0 Å². The standard InChI is InChI=1S/C14H16F2N2OS/c1-14(19,8-20-2)7-18-12-3-4-17-13-10(12)5-9(15)6-11(13)16/h3-6,19H,7-8H2,1-2H3,(H,17,18). The summed E-state index contributed by atoms with van der Waals surface area (Å²) in [5.41, 5.74) is -0.239. The highest BCUT2D eigenvalue weighted by Gasteiger charge is 2.19. The summed E-state index contributed by atoms with van der Waals surface area (Å²) in [5.74, 6) is -0.785. The summed E-state index contributed by atoms with van der Waals surface area (Å²) in [7, 11) is 0. The van der Waals surface area contributed by atoms with Crippen molar-refractivity contribution >= 4 is 28.4 Å². The molecule has 0 radical (unpaired) electrons. The number of hydrogen-bond donors (Lipinski definition) is 2. The first-order valence-corrected chi connectivity index (χ1v) is 7.51. The van der Waals surface area contributed by atoms with Gasteiger partial charge in [-0.25, -0.2) is 8.78 Å². The van der Waals surface area contributed by atoms with E-state index in [2.05, 4.69) is 10.3 Å². The Morgan fingerprint density at radius 1 is 1.40 bits per heavy atom. The number of aliphatic hydroxyl groups is 1. The molecule has 0 aliphatic heterocycles. The fraction of sp³-hybridized carbons (Fsp3) is 0.357. The van der Waals surface area contributed by atoms with Gasteiger partial charge in [0.15, 0.2) is 5.82 Å². The van der Waals surface area contributed by atoms with Gasteiger partial charge in [-0.15, -0.1) is 0 Å². The minimum atomic E-state index is -0.902. The molecule has 6 heteroatoms. The molecular formula is C14H16F2N2OS. The van der Waals surface area contributed by atoms with E-state index in [4.69, 9.17) is 0 Å². The molecule has 0 amide bonds. The predicted molar refractivity (Wildman–Crippen MR) is 79.2 cm³/mol. The van der Waals surface area contributed by atoms with Crippen LogP contribution in [0.4, 0.5) is 14.5 Å². The molecule has 0 fully saturated rings. The molecule has 1 atom stereocenters. The van der Waals surface area contributed by atoms with E-state index in [0.29, 0.717) is 16.8 Å². The van der Waals surface area contributed by atoms with E-state index in [0.717, 1.165) is 6.07 Å². The van der Waals surface area contributed by atoms with Crippen molar-refractivity contribution in [1.29, 1.82) is 0 Å². The van der Waals surface area contributed by atoms with Crippen LogP contribution in [0.25, 0.3) is 10.9 Å². The van der Waals surface area contributed by atoms with E-state index in [1.165, 1.54) is 24.0 Å². The molecule has 3 nitrogen and oxygen atoms in total. The maximum absolute atomic E-state index is 13.6. The molecule has 0 spiro atoms. The van der Waals surface area contributed by atoms with Gasteiger partial charge in [0.2, 0.25) is 0 Å². The molecule has 0 saturated carbocycles. The summed E-state index contributed by atoms with van der Waals surface area (Å²) < 4.78 is 27.0. The van der Waals surface area contributed by atoms with Crippen LogP contribution in [-0.4, -0.2) is 34.2 Å². The van der Waals surface area contributed by atoms with E-state index in [9.17, 15) is 13.9 Å². The molecule has 0 saturated heterocycles. The molecule has 1 heterocycles. The lowest BCUT2D eigenvalue weighted by Gasteiger charge is -2.23. The van der Waals surface area contributed by atoms with Crippen LogP contribution in [0.15, 0.2) is 24.4 Å². The van der Waals surface area contributed by atoms with Crippen LogP contribution in [0.5, 0.6) is 0 Å². The molecule has 1 aromatic heterocycles. The Kier molecular flexibility index (Phi) is 4.45. The Labute approximate surface area is 120 Å². The van der Waals surface area contributed by atoms with E-state index in [1.807, 2.05) is 6.26 Å². The summed E-state index contributed by atoms with van der Waals surface area (Å²) in [5, 5.41) is 13.5. The van der Waals surface area contributed by atoms with Crippen molar-refractivity contribution < 1.29 is 13.9 Å². The molecule has 0 bridgehead atoms. The van der Waals surface area contributed by atoms with Crippen LogP contribution in [0.2, 0.25) is 0 Å². The first-order valence-electron chi connectivity index (χ1n) is 6.12. The second kappa shape index (κ2) is 5.93. The molecule has 2 N–H and O–H groups in total. The average Bonchev–Trinajstić information content (AvgIpc) is 2.36. The Balaban J connectivity index is 2.31. The third kappa shape index (κ3) is 3.37. The number of aromatic nitrogens is 1. The van der Waals surface area contributed by atoms with Crippen molar-refractivity contribution in [1.82, 2.24) is 4.98 Å². The zero-order valence-electron chi connectivity index (χ0n) is 11.3. The number of anilines is 1. The number of thioether (sulfide) groups is 1. The Bertz CT molecular complexity index is 619. The number of pyridine rings is 1. The Morgan fingerprint density at radius 3 is 2.85 bits per heavy atom. The monoisotopic (exact) mass is 298 g/mol. The third-order valence-electron chi connectivity index (χ3n) is 2.88. The van der Waals surface area contributed by atoms with E-state index >= 15 is 0 Å². The molecule has 0 aliphatic carbocycles. The second-order valence-electron chi connectivity index (χ2n) is 4.93. The lowest BCUT2D eigenvalue weighted by atomic mass is 10.1. The quantitative estimate of drug-likeness (QED) is 0.890. The molecular weight excluding hydrogens is 282 g/mol. The number of hydrogen-bond acceptors (Lipinski definition) is 4. The van der Waals surface area contributed by atoms with Gasteiger partial charge in [-0.05, 0) is 25.3 Å². The number of rotatable bonds is 5. The fourth-order valence-corrected chi connectivity index (χ4v) is 2.70. The largest absolute Gasteiger partial charge is 0.387 e. The van der Waals surface area contributed by atoms with Crippen molar-refractivity contribution in [2.24, 2.45) is 0 Å². The SMILES string of the molecule is CSCC(C)(O)CNc1ccnc2c(F)cc(F)cc12. The van der Waals surface area contributed by atoms with Crippen LogP contribution >= 0.6 is 11.8 Å². The number of fused-ring (bicyclic) bond motifs is 1. The van der Waals surface area contributed by atoms with Gasteiger partial charge >= 0.3 is 0 Å². The lowest BCUT2D eigenvalue weighted by molar-refractivity contribution is 0.0997. The van der Waals surface area contributed by atoms with Crippen LogP contribution in [0.1, 0.15) is 6.92 Å². The van der Waals surface area contributed by atoms with Crippen LogP contribution < -0.4 is 5.32 Å². The fourth-order valence-electron chi connectivity index (χ4n) is 1.98. The Hall–Kier alpha value is -1.40. The van der Waals surface area contributed by atoms with Gasteiger partial charge in [-0.3, -0.25) is 4.98 Å². The highest BCUT2D eigenvalue weighted by atomic mass is 32.2. The first-order chi connectivity index (χ1) is 9.43. The molecule has 20 heavy (non-hydrogen) atoms. The van der Waals surface area contributed by atoms with E-state index in [-0.39, 0.29) is 12.1 Å². The van der Waals surface area contributed by atoms with Gasteiger partial charge in [0.05, 0.1) is 5.60 Å². The van der Waals surface area contributed by atoms with Gasteiger partial charge in [0.1, 0.15) is 11.3 Å². The van der Waals surface area contributed by atoms with Crippen LogP contribution in [-0.2, 0) is 0 Å². The minimum absolute atomic E-state index is 0.112. The Morgan fingerprint density at radius 2 is 2.15 bits per heavy atom. The highest BCUT2D eigenvalue weighted by Crippen LogP contribution is 2.25. The molecule has 2 rings (SSSR count). The minimum Gasteiger partial charge on any atom is -0.387 e. The van der Waals surface area contributed by atoms with E-state index < -0.39 is 17.2 Å². The predicted octanol–water partition coefficient (Wildman–Crippen LogP) is 3.04. The van der Waals surface area contributed by atoms with Gasteiger partial charge in [0.25, 0.3) is 0 Å².